The molecule has 2 aromatic carbocycles. The maximum Gasteiger partial charge on any atom is 0.255 e. The zero-order valence-corrected chi connectivity index (χ0v) is 13.0. The largest absolute Gasteiger partial charge is 0.399 e. The number of benzene rings is 2. The van der Waals surface area contributed by atoms with Crippen LogP contribution in [0.5, 0.6) is 0 Å². The molecular formula is C17H19ClN2O. The van der Waals surface area contributed by atoms with Gasteiger partial charge in [0.15, 0.2) is 0 Å². The normalized spacial score (nSPS) is 10.4. The van der Waals surface area contributed by atoms with Gasteiger partial charge in [-0.25, -0.2) is 0 Å². The zero-order valence-electron chi connectivity index (χ0n) is 12.3. The van der Waals surface area contributed by atoms with Crippen LogP contribution in [-0.4, -0.2) is 17.4 Å². The molecule has 0 atom stereocenters. The lowest BCUT2D eigenvalue weighted by Crippen LogP contribution is -2.30. The van der Waals surface area contributed by atoms with Gasteiger partial charge in [0, 0.05) is 18.8 Å². The third-order valence-corrected chi connectivity index (χ3v) is 3.92. The van der Waals surface area contributed by atoms with E-state index in [0.717, 1.165) is 11.1 Å². The molecule has 0 aliphatic carbocycles. The first-order valence-electron chi connectivity index (χ1n) is 6.91. The van der Waals surface area contributed by atoms with Crippen LogP contribution in [0.25, 0.3) is 0 Å². The zero-order chi connectivity index (χ0) is 15.4. The summed E-state index contributed by atoms with van der Waals surface area (Å²) in [6.07, 6.45) is 0. The van der Waals surface area contributed by atoms with Crippen LogP contribution in [-0.2, 0) is 6.54 Å². The summed E-state index contributed by atoms with van der Waals surface area (Å²) in [6.45, 7) is 4.98. The fourth-order valence-electron chi connectivity index (χ4n) is 2.22. The van der Waals surface area contributed by atoms with Crippen molar-refractivity contribution in [2.24, 2.45) is 0 Å². The molecule has 0 aromatic heterocycles. The minimum absolute atomic E-state index is 0.0615. The van der Waals surface area contributed by atoms with Crippen molar-refractivity contribution in [3.63, 3.8) is 0 Å². The van der Waals surface area contributed by atoms with Gasteiger partial charge in [-0.3, -0.25) is 4.79 Å². The average Bonchev–Trinajstić information content (AvgIpc) is 2.47. The van der Waals surface area contributed by atoms with Gasteiger partial charge in [0.25, 0.3) is 5.91 Å². The Balaban J connectivity index is 2.25. The average molecular weight is 303 g/mol. The van der Waals surface area contributed by atoms with Crippen molar-refractivity contribution in [1.29, 1.82) is 0 Å². The molecule has 4 heteroatoms. The second kappa shape index (κ2) is 6.64. The summed E-state index contributed by atoms with van der Waals surface area (Å²) >= 11 is 6.25. The third-order valence-electron chi connectivity index (χ3n) is 3.42. The molecule has 0 spiro atoms. The summed E-state index contributed by atoms with van der Waals surface area (Å²) in [5.74, 6) is -0.0615. The van der Waals surface area contributed by atoms with E-state index in [0.29, 0.717) is 29.4 Å². The first-order valence-corrected chi connectivity index (χ1v) is 7.29. The fraction of sp³-hybridized carbons (Fsp3) is 0.235. The van der Waals surface area contributed by atoms with Gasteiger partial charge in [0.2, 0.25) is 0 Å². The van der Waals surface area contributed by atoms with E-state index in [1.807, 2.05) is 50.2 Å². The van der Waals surface area contributed by atoms with Crippen molar-refractivity contribution < 1.29 is 4.79 Å². The number of nitrogens with two attached hydrogens (primary N) is 1. The van der Waals surface area contributed by atoms with E-state index < -0.39 is 0 Å². The van der Waals surface area contributed by atoms with Crippen molar-refractivity contribution in [2.75, 3.05) is 12.3 Å². The van der Waals surface area contributed by atoms with E-state index in [4.69, 9.17) is 17.3 Å². The van der Waals surface area contributed by atoms with Crippen molar-refractivity contribution in [2.45, 2.75) is 20.4 Å². The van der Waals surface area contributed by atoms with Gasteiger partial charge < -0.3 is 10.6 Å². The minimum Gasteiger partial charge on any atom is -0.399 e. The summed E-state index contributed by atoms with van der Waals surface area (Å²) in [5.41, 5.74) is 8.94. The number of carbonyl (C=O) groups is 1. The lowest BCUT2D eigenvalue weighted by Gasteiger charge is -2.22. The number of hydrogen-bond donors (Lipinski definition) is 1. The molecule has 0 saturated carbocycles. The second-order valence-corrected chi connectivity index (χ2v) is 5.38. The van der Waals surface area contributed by atoms with Gasteiger partial charge in [0.05, 0.1) is 10.6 Å². The van der Waals surface area contributed by atoms with E-state index in [1.165, 1.54) is 0 Å². The smallest absolute Gasteiger partial charge is 0.255 e. The molecule has 1 amide bonds. The molecule has 0 aliphatic rings. The van der Waals surface area contributed by atoms with Gasteiger partial charge in [0.1, 0.15) is 0 Å². The van der Waals surface area contributed by atoms with Crippen molar-refractivity contribution in [3.8, 4) is 0 Å². The van der Waals surface area contributed by atoms with E-state index >= 15 is 0 Å². The Morgan fingerprint density at radius 1 is 1.24 bits per heavy atom. The Morgan fingerprint density at radius 2 is 1.95 bits per heavy atom. The Morgan fingerprint density at radius 3 is 2.62 bits per heavy atom. The minimum atomic E-state index is -0.0615. The maximum atomic E-state index is 12.6. The lowest BCUT2D eigenvalue weighted by molar-refractivity contribution is 0.0752. The van der Waals surface area contributed by atoms with Gasteiger partial charge in [-0.15, -0.1) is 0 Å². The Bertz CT molecular complexity index is 655. The molecule has 0 saturated heterocycles. The highest BCUT2D eigenvalue weighted by molar-refractivity contribution is 6.34. The number of halogens is 1. The van der Waals surface area contributed by atoms with Gasteiger partial charge >= 0.3 is 0 Å². The number of aryl methyl sites for hydroxylation is 1. The summed E-state index contributed by atoms with van der Waals surface area (Å²) in [4.78, 5) is 14.4. The molecule has 0 heterocycles. The van der Waals surface area contributed by atoms with Crippen LogP contribution in [0.3, 0.4) is 0 Å². The number of anilines is 1. The lowest BCUT2D eigenvalue weighted by atomic mass is 10.1. The van der Waals surface area contributed by atoms with Gasteiger partial charge in [-0.2, -0.15) is 0 Å². The standard InChI is InChI=1S/C17H19ClN2O/c1-3-20(11-13-7-5-8-14(19)10-13)17(21)15-9-4-6-12(2)16(15)18/h4-10H,3,11,19H2,1-2H3. The Kier molecular flexibility index (Phi) is 4.86. The number of amides is 1. The van der Waals surface area contributed by atoms with Gasteiger partial charge in [-0.1, -0.05) is 35.9 Å². The monoisotopic (exact) mass is 302 g/mol. The van der Waals surface area contributed by atoms with Crippen molar-refractivity contribution in [3.05, 3.63) is 64.2 Å². The van der Waals surface area contributed by atoms with Crippen LogP contribution in [0.1, 0.15) is 28.4 Å². The molecule has 0 radical (unpaired) electrons. The molecule has 2 aromatic rings. The van der Waals surface area contributed by atoms with Crippen LogP contribution in [0.4, 0.5) is 5.69 Å². The molecule has 0 fully saturated rings. The van der Waals surface area contributed by atoms with E-state index in [1.54, 1.807) is 11.0 Å². The maximum absolute atomic E-state index is 12.6. The van der Waals surface area contributed by atoms with Crippen LogP contribution in [0, 0.1) is 6.92 Å². The molecule has 0 unspecified atom stereocenters. The Labute approximate surface area is 130 Å². The highest BCUT2D eigenvalue weighted by Crippen LogP contribution is 2.22. The number of nitrogen functional groups attached to an aromatic ring is 1. The van der Waals surface area contributed by atoms with Crippen LogP contribution < -0.4 is 5.73 Å². The van der Waals surface area contributed by atoms with Crippen LogP contribution in [0.2, 0.25) is 5.02 Å². The predicted molar refractivity (Wildman–Crippen MR) is 87.5 cm³/mol. The van der Waals surface area contributed by atoms with Crippen molar-refractivity contribution >= 4 is 23.2 Å². The number of hydrogen-bond acceptors (Lipinski definition) is 2. The highest BCUT2D eigenvalue weighted by Gasteiger charge is 2.18. The molecule has 2 N–H and O–H groups in total. The highest BCUT2D eigenvalue weighted by atomic mass is 35.5. The fourth-order valence-corrected chi connectivity index (χ4v) is 2.43. The van der Waals surface area contributed by atoms with Gasteiger partial charge in [-0.05, 0) is 43.2 Å². The summed E-state index contributed by atoms with van der Waals surface area (Å²) in [5, 5.41) is 0.522. The molecule has 21 heavy (non-hydrogen) atoms. The number of rotatable bonds is 4. The van der Waals surface area contributed by atoms with E-state index in [9.17, 15) is 4.79 Å². The summed E-state index contributed by atoms with van der Waals surface area (Å²) in [6, 6.07) is 13.1. The predicted octanol–water partition coefficient (Wildman–Crippen LogP) is 3.89. The quantitative estimate of drug-likeness (QED) is 0.871. The van der Waals surface area contributed by atoms with E-state index in [2.05, 4.69) is 0 Å². The van der Waals surface area contributed by atoms with Crippen LogP contribution >= 0.6 is 11.6 Å². The third kappa shape index (κ3) is 3.56. The first kappa shape index (κ1) is 15.4. The van der Waals surface area contributed by atoms with E-state index in [-0.39, 0.29) is 5.91 Å². The number of nitrogens with zero attached hydrogens (tertiary/aromatic N) is 1. The SMILES string of the molecule is CCN(Cc1cccc(N)c1)C(=O)c1cccc(C)c1Cl. The molecule has 0 bridgehead atoms. The topological polar surface area (TPSA) is 46.3 Å². The molecule has 110 valence electrons. The second-order valence-electron chi connectivity index (χ2n) is 5.00. The summed E-state index contributed by atoms with van der Waals surface area (Å²) < 4.78 is 0. The Hall–Kier alpha value is -2.00. The van der Waals surface area contributed by atoms with Crippen molar-refractivity contribution in [1.82, 2.24) is 4.90 Å². The molecule has 0 aliphatic heterocycles. The molecule has 2 rings (SSSR count). The summed E-state index contributed by atoms with van der Waals surface area (Å²) in [7, 11) is 0. The van der Waals surface area contributed by atoms with Crippen LogP contribution in [0.15, 0.2) is 42.5 Å². The molecular weight excluding hydrogens is 284 g/mol. The number of carbonyl (C=O) groups excluding carboxylic acids is 1. The first-order chi connectivity index (χ1) is 10.0. The molecule has 3 nitrogen and oxygen atoms in total.